The van der Waals surface area contributed by atoms with Crippen molar-refractivity contribution >= 4 is 11.6 Å². The first-order chi connectivity index (χ1) is 7.85. The van der Waals surface area contributed by atoms with E-state index in [1.165, 1.54) is 0 Å². The molecule has 2 rings (SSSR count). The Morgan fingerprint density at radius 1 is 1.25 bits per heavy atom. The zero-order valence-electron chi connectivity index (χ0n) is 9.79. The lowest BCUT2D eigenvalue weighted by molar-refractivity contribution is -0.141. The van der Waals surface area contributed by atoms with E-state index in [0.29, 0.717) is 5.92 Å². The number of hydrogen-bond acceptors (Lipinski definition) is 2. The van der Waals surface area contributed by atoms with Crippen molar-refractivity contribution in [2.24, 2.45) is 5.92 Å². The largest absolute Gasteiger partial charge is 0.381 e. The first-order valence-electron chi connectivity index (χ1n) is 6.29. The zero-order valence-corrected chi connectivity index (χ0v) is 10.5. The molecular weight excluding hydrogens is 224 g/mol. The maximum Gasteiger partial charge on any atom is 0.0732 e. The molecule has 92 valence electrons. The van der Waals surface area contributed by atoms with Crippen molar-refractivity contribution in [1.82, 2.24) is 0 Å². The number of ether oxygens (including phenoxy) is 2. The summed E-state index contributed by atoms with van der Waals surface area (Å²) >= 11 is 5.67. The lowest BCUT2D eigenvalue weighted by atomic mass is 9.80. The molecule has 0 radical (unpaired) electrons. The van der Waals surface area contributed by atoms with Crippen LogP contribution < -0.4 is 0 Å². The minimum Gasteiger partial charge on any atom is -0.381 e. The smallest absolute Gasteiger partial charge is 0.0732 e. The van der Waals surface area contributed by atoms with Gasteiger partial charge in [0.25, 0.3) is 0 Å². The summed E-state index contributed by atoms with van der Waals surface area (Å²) in [6.45, 7) is 2.62. The monoisotopic (exact) mass is 244 g/mol. The molecule has 2 nitrogen and oxygen atoms in total. The predicted octanol–water partition coefficient (Wildman–Crippen LogP) is 3.15. The maximum atomic E-state index is 6.00. The molecule has 1 spiro atoms. The Kier molecular flexibility index (Phi) is 4.68. The van der Waals surface area contributed by atoms with Crippen molar-refractivity contribution in [2.45, 2.75) is 37.7 Å². The highest BCUT2D eigenvalue weighted by molar-refractivity contribution is 6.17. The molecule has 0 amide bonds. The molecule has 16 heavy (non-hydrogen) atoms. The lowest BCUT2D eigenvalue weighted by Gasteiger charge is -2.42. The lowest BCUT2D eigenvalue weighted by Crippen LogP contribution is -2.44. The third kappa shape index (κ3) is 3.22. The fourth-order valence-electron chi connectivity index (χ4n) is 2.67. The molecule has 1 atom stereocenters. The molecule has 0 aliphatic carbocycles. The van der Waals surface area contributed by atoms with Gasteiger partial charge in [-0.1, -0.05) is 12.2 Å². The molecule has 2 aliphatic rings. The van der Waals surface area contributed by atoms with Crippen LogP contribution in [0.1, 0.15) is 32.1 Å². The fraction of sp³-hybridized carbons (Fsp3) is 0.846. The first kappa shape index (κ1) is 12.4. The van der Waals surface area contributed by atoms with E-state index >= 15 is 0 Å². The number of rotatable bonds is 3. The highest BCUT2D eigenvalue weighted by atomic mass is 35.5. The normalized spacial score (nSPS) is 29.9. The van der Waals surface area contributed by atoms with Crippen LogP contribution in [0.4, 0.5) is 0 Å². The summed E-state index contributed by atoms with van der Waals surface area (Å²) in [5.74, 6) is 1.40. The van der Waals surface area contributed by atoms with Gasteiger partial charge in [-0.3, -0.25) is 0 Å². The van der Waals surface area contributed by atoms with Gasteiger partial charge in [0, 0.05) is 25.7 Å². The second kappa shape index (κ2) is 6.04. The van der Waals surface area contributed by atoms with Gasteiger partial charge in [-0.25, -0.2) is 0 Å². The number of alkyl halides is 1. The van der Waals surface area contributed by atoms with Crippen LogP contribution in [0.3, 0.4) is 0 Å². The molecule has 0 aromatic rings. The third-order valence-corrected chi connectivity index (χ3v) is 3.84. The molecule has 0 N–H and O–H groups in total. The van der Waals surface area contributed by atoms with Crippen LogP contribution in [-0.2, 0) is 9.47 Å². The van der Waals surface area contributed by atoms with E-state index in [-0.39, 0.29) is 5.60 Å². The molecule has 2 fully saturated rings. The summed E-state index contributed by atoms with van der Waals surface area (Å²) in [6.07, 6.45) is 9.98. The van der Waals surface area contributed by atoms with Gasteiger partial charge in [0.15, 0.2) is 0 Å². The molecule has 2 saturated heterocycles. The summed E-state index contributed by atoms with van der Waals surface area (Å²) in [6, 6.07) is 0. The van der Waals surface area contributed by atoms with Gasteiger partial charge in [-0.05, 0) is 38.0 Å². The van der Waals surface area contributed by atoms with E-state index in [1.54, 1.807) is 0 Å². The second-order valence-corrected chi connectivity index (χ2v) is 5.18. The van der Waals surface area contributed by atoms with Crippen molar-refractivity contribution in [3.8, 4) is 0 Å². The highest BCUT2D eigenvalue weighted by Crippen LogP contribution is 2.37. The molecule has 1 unspecified atom stereocenters. The topological polar surface area (TPSA) is 18.5 Å². The van der Waals surface area contributed by atoms with Crippen LogP contribution in [0, 0.1) is 5.92 Å². The van der Waals surface area contributed by atoms with Gasteiger partial charge < -0.3 is 9.47 Å². The van der Waals surface area contributed by atoms with Gasteiger partial charge in [0.1, 0.15) is 0 Å². The molecular formula is C13H21ClO2. The van der Waals surface area contributed by atoms with Crippen LogP contribution in [0.15, 0.2) is 12.2 Å². The van der Waals surface area contributed by atoms with E-state index in [4.69, 9.17) is 21.1 Å². The maximum absolute atomic E-state index is 6.00. The van der Waals surface area contributed by atoms with Crippen molar-refractivity contribution in [2.75, 3.05) is 25.7 Å². The summed E-state index contributed by atoms with van der Waals surface area (Å²) in [5.41, 5.74) is 0.118. The predicted molar refractivity (Wildman–Crippen MR) is 65.9 cm³/mol. The molecule has 0 aromatic heterocycles. The fourth-order valence-corrected chi connectivity index (χ4v) is 2.80. The van der Waals surface area contributed by atoms with Gasteiger partial charge in [0.2, 0.25) is 0 Å². The Morgan fingerprint density at radius 2 is 2.06 bits per heavy atom. The number of allylic oxidation sites excluding steroid dienone is 2. The van der Waals surface area contributed by atoms with Crippen LogP contribution in [0.5, 0.6) is 0 Å². The van der Waals surface area contributed by atoms with Crippen molar-refractivity contribution in [1.29, 1.82) is 0 Å². The second-order valence-electron chi connectivity index (χ2n) is 4.80. The summed E-state index contributed by atoms with van der Waals surface area (Å²) in [7, 11) is 0. The Morgan fingerprint density at radius 3 is 2.81 bits per heavy atom. The van der Waals surface area contributed by atoms with Crippen molar-refractivity contribution in [3.63, 3.8) is 0 Å². The number of halogens is 1. The quantitative estimate of drug-likeness (QED) is 0.561. The summed E-state index contributed by atoms with van der Waals surface area (Å²) in [4.78, 5) is 0. The molecule has 0 bridgehead atoms. The summed E-state index contributed by atoms with van der Waals surface area (Å²) in [5, 5.41) is 0. The van der Waals surface area contributed by atoms with Gasteiger partial charge in [-0.15, -0.1) is 11.6 Å². The Bertz CT molecular complexity index is 229. The molecule has 0 aromatic carbocycles. The van der Waals surface area contributed by atoms with Crippen molar-refractivity contribution < 1.29 is 9.47 Å². The Labute approximate surface area is 103 Å². The highest BCUT2D eigenvalue weighted by Gasteiger charge is 2.38. The van der Waals surface area contributed by atoms with Crippen LogP contribution in [0.2, 0.25) is 0 Å². The van der Waals surface area contributed by atoms with Crippen molar-refractivity contribution in [3.05, 3.63) is 12.2 Å². The van der Waals surface area contributed by atoms with Gasteiger partial charge in [-0.2, -0.15) is 0 Å². The SMILES string of the molecule is ClCCC=CC1CCOC2(CCOCC2)C1. The minimum absolute atomic E-state index is 0.118. The molecule has 3 heteroatoms. The van der Waals surface area contributed by atoms with E-state index in [9.17, 15) is 0 Å². The van der Waals surface area contributed by atoms with Crippen LogP contribution in [-0.4, -0.2) is 31.3 Å². The third-order valence-electron chi connectivity index (χ3n) is 3.62. The van der Waals surface area contributed by atoms with E-state index in [1.807, 2.05) is 0 Å². The number of hydrogen-bond donors (Lipinski definition) is 0. The average Bonchev–Trinajstić information content (AvgIpc) is 2.31. The molecule has 0 saturated carbocycles. The Hall–Kier alpha value is -0.0500. The van der Waals surface area contributed by atoms with E-state index in [0.717, 1.165) is 57.8 Å². The van der Waals surface area contributed by atoms with E-state index in [2.05, 4.69) is 12.2 Å². The average molecular weight is 245 g/mol. The van der Waals surface area contributed by atoms with Crippen LogP contribution >= 0.6 is 11.6 Å². The van der Waals surface area contributed by atoms with E-state index < -0.39 is 0 Å². The first-order valence-corrected chi connectivity index (χ1v) is 6.82. The van der Waals surface area contributed by atoms with Gasteiger partial charge in [0.05, 0.1) is 5.60 Å². The van der Waals surface area contributed by atoms with Gasteiger partial charge >= 0.3 is 0 Å². The Balaban J connectivity index is 1.87. The van der Waals surface area contributed by atoms with Crippen LogP contribution in [0.25, 0.3) is 0 Å². The minimum atomic E-state index is 0.118. The zero-order chi connectivity index (χ0) is 11.3. The molecule has 2 aliphatic heterocycles. The molecule has 2 heterocycles. The standard InChI is InChI=1S/C13H21ClO2/c14-7-2-1-3-12-4-8-16-13(11-12)5-9-15-10-6-13/h1,3,12H,2,4-11H2. The summed E-state index contributed by atoms with van der Waals surface area (Å²) < 4.78 is 11.4.